The molecular weight excluding hydrogens is 448 g/mol. The maximum atomic E-state index is 12.8. The fourth-order valence-electron chi connectivity index (χ4n) is 2.45. The number of carbonyl (C=O) groups is 4. The molecule has 0 bridgehead atoms. The number of amides is 2. The zero-order valence-corrected chi connectivity index (χ0v) is 16.8. The van der Waals surface area contributed by atoms with Crippen LogP contribution in [-0.2, 0) is 28.9 Å². The molecule has 0 aromatic carbocycles. The summed E-state index contributed by atoms with van der Waals surface area (Å²) in [6.07, 6.45) is -6.10. The van der Waals surface area contributed by atoms with Crippen molar-refractivity contribution in [1.82, 2.24) is 15.4 Å². The molecule has 1 aliphatic rings. The SMILES string of the molecule is CC1(C)[C@H](NC(=O)/C(=N\OC(C(=O)O)C(F)F)c2csc(N)n2)C(=O)N1OCC(=O)O. The van der Waals surface area contributed by atoms with Gasteiger partial charge in [0.1, 0.15) is 11.7 Å². The van der Waals surface area contributed by atoms with E-state index < -0.39 is 60.2 Å². The molecule has 0 radical (unpaired) electrons. The molecular formula is C15H17F2N5O8S. The van der Waals surface area contributed by atoms with E-state index in [2.05, 4.69) is 20.3 Å². The summed E-state index contributed by atoms with van der Waals surface area (Å²) in [4.78, 5) is 59.4. The number of aromatic nitrogens is 1. The van der Waals surface area contributed by atoms with E-state index in [0.717, 1.165) is 16.4 Å². The Morgan fingerprint density at radius 3 is 2.52 bits per heavy atom. The number of halogens is 2. The molecule has 170 valence electrons. The van der Waals surface area contributed by atoms with Crippen molar-refractivity contribution in [3.05, 3.63) is 11.1 Å². The normalized spacial score (nSPS) is 19.0. The summed E-state index contributed by atoms with van der Waals surface area (Å²) in [5, 5.41) is 24.9. The number of aliphatic carboxylic acids is 2. The molecule has 2 amide bonds. The molecule has 1 aromatic rings. The molecule has 5 N–H and O–H groups in total. The minimum Gasteiger partial charge on any atom is -0.479 e. The van der Waals surface area contributed by atoms with Gasteiger partial charge in [-0.2, -0.15) is 0 Å². The van der Waals surface area contributed by atoms with Crippen LogP contribution in [0.25, 0.3) is 0 Å². The van der Waals surface area contributed by atoms with E-state index >= 15 is 0 Å². The van der Waals surface area contributed by atoms with Gasteiger partial charge in [-0.3, -0.25) is 14.4 Å². The average Bonchev–Trinajstić information content (AvgIpc) is 3.07. The summed E-state index contributed by atoms with van der Waals surface area (Å²) < 4.78 is 25.6. The van der Waals surface area contributed by atoms with Crippen LogP contribution in [0.3, 0.4) is 0 Å². The molecule has 1 fully saturated rings. The second-order valence-corrected chi connectivity index (χ2v) is 7.46. The lowest BCUT2D eigenvalue weighted by Gasteiger charge is -2.51. The summed E-state index contributed by atoms with van der Waals surface area (Å²) >= 11 is 0.881. The number of hydroxylamine groups is 2. The first-order valence-electron chi connectivity index (χ1n) is 8.32. The zero-order valence-electron chi connectivity index (χ0n) is 15.9. The van der Waals surface area contributed by atoms with Gasteiger partial charge in [0.2, 0.25) is 0 Å². The fraction of sp³-hybridized carbons (Fsp3) is 0.467. The molecule has 0 spiro atoms. The largest absolute Gasteiger partial charge is 0.479 e. The van der Waals surface area contributed by atoms with E-state index in [9.17, 15) is 28.0 Å². The molecule has 1 saturated heterocycles. The predicted molar refractivity (Wildman–Crippen MR) is 98.0 cm³/mol. The van der Waals surface area contributed by atoms with E-state index in [0.29, 0.717) is 0 Å². The average molecular weight is 465 g/mol. The third-order valence-electron chi connectivity index (χ3n) is 3.98. The van der Waals surface area contributed by atoms with Crippen molar-refractivity contribution in [3.8, 4) is 0 Å². The van der Waals surface area contributed by atoms with Crippen molar-refractivity contribution >= 4 is 45.9 Å². The van der Waals surface area contributed by atoms with Gasteiger partial charge in [-0.15, -0.1) is 11.3 Å². The van der Waals surface area contributed by atoms with Crippen molar-refractivity contribution in [2.45, 2.75) is 38.0 Å². The molecule has 2 atom stereocenters. The summed E-state index contributed by atoms with van der Waals surface area (Å²) in [5.41, 5.74) is 3.40. The van der Waals surface area contributed by atoms with Gasteiger partial charge in [-0.25, -0.2) is 28.4 Å². The third-order valence-corrected chi connectivity index (χ3v) is 4.65. The number of carboxylic acid groups (broad SMARTS) is 2. The second-order valence-electron chi connectivity index (χ2n) is 6.57. The van der Waals surface area contributed by atoms with Gasteiger partial charge in [-0.1, -0.05) is 5.16 Å². The fourth-order valence-corrected chi connectivity index (χ4v) is 3.00. The van der Waals surface area contributed by atoms with Crippen molar-refractivity contribution in [2.24, 2.45) is 5.16 Å². The Balaban J connectivity index is 2.22. The van der Waals surface area contributed by atoms with Gasteiger partial charge in [0.25, 0.3) is 24.3 Å². The maximum absolute atomic E-state index is 12.8. The summed E-state index contributed by atoms with van der Waals surface area (Å²) in [5.74, 6) is -5.23. The van der Waals surface area contributed by atoms with Crippen molar-refractivity contribution in [1.29, 1.82) is 0 Å². The highest BCUT2D eigenvalue weighted by molar-refractivity contribution is 7.13. The molecule has 1 unspecified atom stereocenters. The van der Waals surface area contributed by atoms with Crippen LogP contribution in [0, 0.1) is 0 Å². The summed E-state index contributed by atoms with van der Waals surface area (Å²) in [6.45, 7) is 2.14. The first-order chi connectivity index (χ1) is 14.4. The smallest absolute Gasteiger partial charge is 0.353 e. The monoisotopic (exact) mass is 465 g/mol. The number of nitrogens with two attached hydrogens (primary N) is 1. The van der Waals surface area contributed by atoms with Crippen LogP contribution in [0.15, 0.2) is 10.5 Å². The summed E-state index contributed by atoms with van der Waals surface area (Å²) in [7, 11) is 0. The van der Waals surface area contributed by atoms with Gasteiger partial charge in [0.05, 0.1) is 5.54 Å². The van der Waals surface area contributed by atoms with Crippen molar-refractivity contribution in [3.63, 3.8) is 0 Å². The summed E-state index contributed by atoms with van der Waals surface area (Å²) in [6, 6.07) is -1.21. The van der Waals surface area contributed by atoms with Gasteiger partial charge >= 0.3 is 11.9 Å². The standard InChI is InChI=1S/C15H17F2N5O8S/c1-15(2)9(12(26)22(15)29-3-6(23)24)20-11(25)7(5-4-31-14(18)19-5)21-30-8(10(16)17)13(27)28/h4,8-10H,3H2,1-2H3,(H2,18,19)(H,20,25)(H,23,24)(H,27,28)/b21-7-/t8?,9-/m1/s1. The number of thiazole rings is 1. The molecule has 0 saturated carbocycles. The van der Waals surface area contributed by atoms with E-state index in [1.54, 1.807) is 0 Å². The number of rotatable bonds is 10. The minimum absolute atomic E-state index is 0.00700. The van der Waals surface area contributed by atoms with Crippen LogP contribution in [0.5, 0.6) is 0 Å². The quantitative estimate of drug-likeness (QED) is 0.195. The van der Waals surface area contributed by atoms with Gasteiger partial charge < -0.3 is 26.1 Å². The van der Waals surface area contributed by atoms with Crippen molar-refractivity contribution in [2.75, 3.05) is 12.3 Å². The van der Waals surface area contributed by atoms with Gasteiger partial charge in [0, 0.05) is 5.38 Å². The topological polar surface area (TPSA) is 194 Å². The van der Waals surface area contributed by atoms with E-state index in [1.807, 2.05) is 0 Å². The first-order valence-corrected chi connectivity index (χ1v) is 9.20. The Hall–Kier alpha value is -3.40. The molecule has 13 nitrogen and oxygen atoms in total. The Morgan fingerprint density at radius 2 is 2.06 bits per heavy atom. The molecule has 0 aliphatic carbocycles. The first kappa shape index (κ1) is 23.9. The number of hydrogen-bond donors (Lipinski definition) is 4. The molecule has 1 aliphatic heterocycles. The number of nitrogen functional groups attached to an aromatic ring is 1. The highest BCUT2D eigenvalue weighted by Gasteiger charge is 2.56. The Morgan fingerprint density at radius 1 is 1.42 bits per heavy atom. The van der Waals surface area contributed by atoms with E-state index in [1.165, 1.54) is 19.2 Å². The number of alkyl halides is 2. The third kappa shape index (κ3) is 5.21. The lowest BCUT2D eigenvalue weighted by atomic mass is 9.84. The number of β-lactam (4-membered cyclic amide) rings is 1. The molecule has 1 aromatic heterocycles. The van der Waals surface area contributed by atoms with E-state index in [-0.39, 0.29) is 10.8 Å². The van der Waals surface area contributed by atoms with Crippen LogP contribution >= 0.6 is 11.3 Å². The predicted octanol–water partition coefficient (Wildman–Crippen LogP) is -0.714. The lowest BCUT2D eigenvalue weighted by Crippen LogP contribution is -2.76. The van der Waals surface area contributed by atoms with Gasteiger partial charge in [0.15, 0.2) is 17.5 Å². The zero-order chi connectivity index (χ0) is 23.5. The number of carbonyl (C=O) groups excluding carboxylic acids is 2. The van der Waals surface area contributed by atoms with Crippen LogP contribution < -0.4 is 11.1 Å². The minimum atomic E-state index is -3.45. The Labute approximate surface area is 176 Å². The highest BCUT2D eigenvalue weighted by Crippen LogP contribution is 2.32. The van der Waals surface area contributed by atoms with Crippen LogP contribution in [0.1, 0.15) is 19.5 Å². The Kier molecular flexibility index (Phi) is 7.06. The molecule has 16 heteroatoms. The second kappa shape index (κ2) is 9.17. The number of hydrogen-bond acceptors (Lipinski definition) is 10. The molecule has 31 heavy (non-hydrogen) atoms. The van der Waals surface area contributed by atoms with Crippen molar-refractivity contribution < 1.29 is 47.8 Å². The molecule has 2 rings (SSSR count). The van der Waals surface area contributed by atoms with E-state index in [4.69, 9.17) is 20.8 Å². The highest BCUT2D eigenvalue weighted by atomic mass is 32.1. The van der Waals surface area contributed by atoms with Crippen LogP contribution in [0.2, 0.25) is 0 Å². The number of nitrogens with one attached hydrogen (secondary N) is 1. The Bertz CT molecular complexity index is 921. The van der Waals surface area contributed by atoms with Gasteiger partial charge in [-0.05, 0) is 13.8 Å². The van der Waals surface area contributed by atoms with Crippen LogP contribution in [-0.4, -0.2) is 80.4 Å². The number of anilines is 1. The lowest BCUT2D eigenvalue weighted by molar-refractivity contribution is -0.257. The maximum Gasteiger partial charge on any atom is 0.353 e. The molecule has 2 heterocycles. The number of oxime groups is 1. The number of carboxylic acids is 2. The van der Waals surface area contributed by atoms with Crippen LogP contribution in [0.4, 0.5) is 13.9 Å². The number of nitrogens with zero attached hydrogens (tertiary/aromatic N) is 3.